The number of aliphatic imine (C=N–C) groups is 1. The Morgan fingerprint density at radius 2 is 1.50 bits per heavy atom. The van der Waals surface area contributed by atoms with Crippen LogP contribution in [0.5, 0.6) is 0 Å². The van der Waals surface area contributed by atoms with Gasteiger partial charge < -0.3 is 0 Å². The topological polar surface area (TPSA) is 29.4 Å². The van der Waals surface area contributed by atoms with Gasteiger partial charge in [0.05, 0.1) is 0 Å². The molecule has 0 aliphatic rings. The Hall–Kier alpha value is -2.48. The van der Waals surface area contributed by atoms with E-state index in [1.54, 1.807) is 18.2 Å². The van der Waals surface area contributed by atoms with E-state index < -0.39 is 0 Å². The summed E-state index contributed by atoms with van der Waals surface area (Å²) in [7, 11) is 0. The summed E-state index contributed by atoms with van der Waals surface area (Å²) in [6, 6.07) is 18.9. The van der Waals surface area contributed by atoms with Crippen molar-refractivity contribution < 1.29 is 4.79 Å². The number of carbonyl (C=O) groups excluding carboxylic acids is 1. The molecule has 0 radical (unpaired) electrons. The van der Waals surface area contributed by atoms with E-state index >= 15 is 0 Å². The van der Waals surface area contributed by atoms with Gasteiger partial charge in [0.25, 0.3) is 5.91 Å². The lowest BCUT2D eigenvalue weighted by molar-refractivity contribution is 0.100. The van der Waals surface area contributed by atoms with E-state index in [4.69, 9.17) is 0 Å². The standard InChI is InChI=1S/C16H13NO/c18-16(15-11-5-2-6-12-15)17-13-7-10-14-8-3-1-4-9-14/h1-13H/b10-7+,17-13?. The minimum absolute atomic E-state index is 0.228. The van der Waals surface area contributed by atoms with Crippen molar-refractivity contribution in [2.24, 2.45) is 4.99 Å². The fraction of sp³-hybridized carbons (Fsp3) is 0. The molecule has 1 amide bonds. The predicted octanol–water partition coefficient (Wildman–Crippen LogP) is 3.61. The van der Waals surface area contributed by atoms with Gasteiger partial charge in [0.2, 0.25) is 0 Å². The molecular weight excluding hydrogens is 222 g/mol. The lowest BCUT2D eigenvalue weighted by Crippen LogP contribution is -1.93. The minimum Gasteiger partial charge on any atom is -0.267 e. The number of carbonyl (C=O) groups is 1. The summed E-state index contributed by atoms with van der Waals surface area (Å²) in [5.41, 5.74) is 1.68. The largest absolute Gasteiger partial charge is 0.276 e. The van der Waals surface area contributed by atoms with Crippen molar-refractivity contribution in [1.82, 2.24) is 0 Å². The van der Waals surface area contributed by atoms with Crippen LogP contribution in [-0.2, 0) is 0 Å². The Kier molecular flexibility index (Phi) is 4.20. The van der Waals surface area contributed by atoms with Crippen LogP contribution in [0.1, 0.15) is 15.9 Å². The lowest BCUT2D eigenvalue weighted by Gasteiger charge is -1.92. The molecule has 18 heavy (non-hydrogen) atoms. The molecule has 0 atom stereocenters. The van der Waals surface area contributed by atoms with E-state index in [2.05, 4.69) is 4.99 Å². The number of amides is 1. The highest BCUT2D eigenvalue weighted by Crippen LogP contribution is 2.01. The molecule has 2 aromatic carbocycles. The normalized spacial score (nSPS) is 11.1. The molecule has 0 aromatic heterocycles. The summed E-state index contributed by atoms with van der Waals surface area (Å²) in [5.74, 6) is -0.228. The lowest BCUT2D eigenvalue weighted by atomic mass is 10.2. The van der Waals surface area contributed by atoms with Crippen molar-refractivity contribution in [3.05, 3.63) is 77.9 Å². The molecule has 2 heteroatoms. The average molecular weight is 235 g/mol. The van der Waals surface area contributed by atoms with Gasteiger partial charge in [0.15, 0.2) is 0 Å². The first-order valence-electron chi connectivity index (χ1n) is 5.71. The van der Waals surface area contributed by atoms with Gasteiger partial charge in [-0.25, -0.2) is 4.99 Å². The molecule has 0 spiro atoms. The Morgan fingerprint density at radius 1 is 0.889 bits per heavy atom. The summed E-state index contributed by atoms with van der Waals surface area (Å²) in [6.07, 6.45) is 5.18. The molecule has 0 saturated carbocycles. The zero-order valence-corrected chi connectivity index (χ0v) is 9.86. The van der Waals surface area contributed by atoms with E-state index in [0.29, 0.717) is 5.56 Å². The number of hydrogen-bond acceptors (Lipinski definition) is 1. The Bertz CT molecular complexity index is 556. The number of nitrogens with zero attached hydrogens (tertiary/aromatic N) is 1. The van der Waals surface area contributed by atoms with Gasteiger partial charge in [0.1, 0.15) is 0 Å². The number of hydrogen-bond donors (Lipinski definition) is 0. The molecule has 88 valence electrons. The smallest absolute Gasteiger partial charge is 0.267 e. The first-order valence-corrected chi connectivity index (χ1v) is 5.71. The quantitative estimate of drug-likeness (QED) is 0.747. The molecule has 0 heterocycles. The molecule has 0 aliphatic carbocycles. The second kappa shape index (κ2) is 6.30. The molecule has 0 saturated heterocycles. The highest BCUT2D eigenvalue weighted by molar-refractivity contribution is 6.00. The van der Waals surface area contributed by atoms with E-state index in [-0.39, 0.29) is 5.91 Å². The number of allylic oxidation sites excluding steroid dienone is 1. The van der Waals surface area contributed by atoms with E-state index in [0.717, 1.165) is 5.56 Å². The zero-order valence-electron chi connectivity index (χ0n) is 9.86. The number of rotatable bonds is 3. The fourth-order valence-electron chi connectivity index (χ4n) is 1.48. The van der Waals surface area contributed by atoms with Crippen LogP contribution in [0, 0.1) is 0 Å². The van der Waals surface area contributed by atoms with Crippen molar-refractivity contribution in [1.29, 1.82) is 0 Å². The van der Waals surface area contributed by atoms with Gasteiger partial charge in [-0.15, -0.1) is 0 Å². The highest BCUT2D eigenvalue weighted by atomic mass is 16.1. The fourth-order valence-corrected chi connectivity index (χ4v) is 1.48. The molecule has 0 unspecified atom stereocenters. The summed E-state index contributed by atoms with van der Waals surface area (Å²) in [4.78, 5) is 15.5. The maximum atomic E-state index is 11.6. The first-order chi connectivity index (χ1) is 8.86. The Labute approximate surface area is 106 Å². The highest BCUT2D eigenvalue weighted by Gasteiger charge is 1.99. The summed E-state index contributed by atoms with van der Waals surface area (Å²) < 4.78 is 0. The molecule has 2 rings (SSSR count). The van der Waals surface area contributed by atoms with Gasteiger partial charge in [-0.05, 0) is 23.8 Å². The third-order valence-corrected chi connectivity index (χ3v) is 2.39. The van der Waals surface area contributed by atoms with Gasteiger partial charge in [-0.1, -0.05) is 54.6 Å². The van der Waals surface area contributed by atoms with Crippen LogP contribution in [0.15, 0.2) is 71.7 Å². The van der Waals surface area contributed by atoms with Crippen LogP contribution in [0.4, 0.5) is 0 Å². The summed E-state index contributed by atoms with van der Waals surface area (Å²) in [6.45, 7) is 0. The van der Waals surface area contributed by atoms with E-state index in [1.807, 2.05) is 54.6 Å². The van der Waals surface area contributed by atoms with Crippen LogP contribution >= 0.6 is 0 Å². The third-order valence-electron chi connectivity index (χ3n) is 2.39. The predicted molar refractivity (Wildman–Crippen MR) is 74.7 cm³/mol. The second-order valence-electron chi connectivity index (χ2n) is 3.72. The van der Waals surface area contributed by atoms with E-state index in [9.17, 15) is 4.79 Å². The molecule has 0 N–H and O–H groups in total. The number of benzene rings is 2. The summed E-state index contributed by atoms with van der Waals surface area (Å²) >= 11 is 0. The van der Waals surface area contributed by atoms with Gasteiger partial charge in [-0.3, -0.25) is 4.79 Å². The second-order valence-corrected chi connectivity index (χ2v) is 3.72. The van der Waals surface area contributed by atoms with Crippen molar-refractivity contribution in [2.45, 2.75) is 0 Å². The third kappa shape index (κ3) is 3.52. The molecule has 0 fully saturated rings. The van der Waals surface area contributed by atoms with Crippen LogP contribution < -0.4 is 0 Å². The molecule has 0 bridgehead atoms. The monoisotopic (exact) mass is 235 g/mol. The molecular formula is C16H13NO. The van der Waals surface area contributed by atoms with Crippen LogP contribution in [0.3, 0.4) is 0 Å². The zero-order chi connectivity index (χ0) is 12.6. The van der Waals surface area contributed by atoms with Crippen molar-refractivity contribution in [3.63, 3.8) is 0 Å². The van der Waals surface area contributed by atoms with Gasteiger partial charge in [0, 0.05) is 11.8 Å². The molecule has 2 nitrogen and oxygen atoms in total. The van der Waals surface area contributed by atoms with Crippen LogP contribution in [0.25, 0.3) is 6.08 Å². The SMILES string of the molecule is O=C(N=C/C=C/c1ccccc1)c1ccccc1. The maximum Gasteiger partial charge on any atom is 0.276 e. The summed E-state index contributed by atoms with van der Waals surface area (Å²) in [5, 5.41) is 0. The Balaban J connectivity index is 1.96. The average Bonchev–Trinajstić information content (AvgIpc) is 2.45. The van der Waals surface area contributed by atoms with E-state index in [1.165, 1.54) is 6.21 Å². The Morgan fingerprint density at radius 3 is 2.17 bits per heavy atom. The van der Waals surface area contributed by atoms with Crippen LogP contribution in [0.2, 0.25) is 0 Å². The van der Waals surface area contributed by atoms with Gasteiger partial charge >= 0.3 is 0 Å². The molecule has 2 aromatic rings. The van der Waals surface area contributed by atoms with Crippen molar-refractivity contribution in [2.75, 3.05) is 0 Å². The van der Waals surface area contributed by atoms with Crippen molar-refractivity contribution in [3.8, 4) is 0 Å². The van der Waals surface area contributed by atoms with Crippen LogP contribution in [-0.4, -0.2) is 12.1 Å². The van der Waals surface area contributed by atoms with Gasteiger partial charge in [-0.2, -0.15) is 0 Å². The van der Waals surface area contributed by atoms with Crippen molar-refractivity contribution >= 4 is 18.2 Å². The minimum atomic E-state index is -0.228. The molecule has 0 aliphatic heterocycles. The first kappa shape index (κ1) is 12.0. The maximum absolute atomic E-state index is 11.6.